The van der Waals surface area contributed by atoms with Gasteiger partial charge >= 0.3 is 71.4 Å². The van der Waals surface area contributed by atoms with Gasteiger partial charge in [-0.3, -0.25) is 38.9 Å². The first kappa shape index (κ1) is 54.6. The number of benzene rings is 4. The van der Waals surface area contributed by atoms with Crippen molar-refractivity contribution in [2.45, 2.75) is 86.1 Å². The number of imide groups is 1. The zero-order chi connectivity index (χ0) is 47.6. The van der Waals surface area contributed by atoms with Gasteiger partial charge in [0, 0.05) is 23.8 Å². The average Bonchev–Trinajstić information content (AvgIpc) is 3.93. The molecule has 19 nitrogen and oxygen atoms in total. The van der Waals surface area contributed by atoms with Crippen molar-refractivity contribution < 1.29 is 109 Å². The molecule has 1 spiro atoms. The van der Waals surface area contributed by atoms with E-state index >= 15 is 0 Å². The fraction of sp³-hybridized carbons (Fsp3) is 0.298. The average molecular weight is 934 g/mol. The maximum atomic E-state index is 12.1. The van der Waals surface area contributed by atoms with Gasteiger partial charge in [0.25, 0.3) is 5.91 Å². The van der Waals surface area contributed by atoms with Crippen molar-refractivity contribution in [1.29, 1.82) is 0 Å². The Bertz CT molecular complexity index is 2500. The molecule has 1 fully saturated rings. The van der Waals surface area contributed by atoms with Gasteiger partial charge in [-0.2, -0.15) is 0 Å². The maximum absolute atomic E-state index is 12.1. The zero-order valence-electron chi connectivity index (χ0n) is 36.2. The van der Waals surface area contributed by atoms with Gasteiger partial charge in [-0.05, 0) is 58.1 Å². The van der Waals surface area contributed by atoms with Crippen molar-refractivity contribution >= 4 is 53.5 Å². The summed E-state index contributed by atoms with van der Waals surface area (Å²) >= 11 is 0. The number of carbonyl (C=O) groups is 9. The van der Waals surface area contributed by atoms with Crippen LogP contribution >= 0.6 is 0 Å². The Balaban J connectivity index is 0.000000236. The number of hydrogen-bond acceptors (Lipinski definition) is 11. The number of nitrogens with two attached hydrogens (primary N) is 1. The van der Waals surface area contributed by atoms with E-state index in [2.05, 4.69) is 10.6 Å². The standard InChI is InChI=1S/C13H12N2O4.C12H13NO4.C11H12O4.C11H10O3.Na.H2O/c16-10(17)5-7-6-13(11(18)14-12(19)15-13)9-4-2-1-3-8(7)9;13-12(11(16)17)6-7(5-10(14)15)8-3-1-2-4-9(8)12;12-10(13)6-9(7-11(14)15)8-4-2-1-3-5-8;12-10-5-7(6-11(13)14)8-3-1-2-4-9(8)10;;/h1-4,7H,5-6H2,(H,16,17)(H2,14,15,18,19);1-4,7H,5-6,13H2,(H,14,15)(H,16,17);1-5,9H,6-7H2,(H,12,13)(H,14,15);1-4,7H,5-6H2,(H,13,14);;1H2/q;;;;+1;/p-1. The van der Waals surface area contributed by atoms with Crippen molar-refractivity contribution in [3.63, 3.8) is 0 Å². The van der Waals surface area contributed by atoms with Crippen LogP contribution in [-0.2, 0) is 44.6 Å². The predicted octanol–water partition coefficient (Wildman–Crippen LogP) is 1.95. The molecule has 67 heavy (non-hydrogen) atoms. The number of Topliss-reactive ketones (excluding diaryl/α,β-unsaturated/α-hetero) is 1. The number of rotatable bonds is 12. The molecule has 0 bridgehead atoms. The van der Waals surface area contributed by atoms with Crippen LogP contribution in [-0.4, -0.2) is 89.7 Å². The molecule has 11 N–H and O–H groups in total. The van der Waals surface area contributed by atoms with E-state index in [4.69, 9.17) is 31.3 Å². The zero-order valence-corrected chi connectivity index (χ0v) is 38.2. The third-order valence-corrected chi connectivity index (χ3v) is 11.7. The molecule has 5 unspecified atom stereocenters. The largest absolute Gasteiger partial charge is 1.00 e. The number of hydrogen-bond donors (Lipinski definition) is 9. The van der Waals surface area contributed by atoms with E-state index in [0.717, 1.165) is 22.3 Å². The minimum absolute atomic E-state index is 0. The SMILES string of the molecule is NC1(C(=O)O)CC(CC(=O)O)c2ccccc21.O=C(O)CC(CC(=O)O)c1ccccc1.O=C(O)CC1CC(=O)c2ccccc21.O=C(O)CC1CC2(NC(=O)NC2=O)c2ccccc21.[Na+].[OH-]. The third-order valence-electron chi connectivity index (χ3n) is 11.7. The Morgan fingerprint density at radius 2 is 1.03 bits per heavy atom. The van der Waals surface area contributed by atoms with Gasteiger partial charge in [-0.15, -0.1) is 0 Å². The van der Waals surface area contributed by atoms with Crippen molar-refractivity contribution in [3.8, 4) is 0 Å². The van der Waals surface area contributed by atoms with E-state index in [1.54, 1.807) is 78.9 Å². The summed E-state index contributed by atoms with van der Waals surface area (Å²) in [6, 6.07) is 29.6. The smallest absolute Gasteiger partial charge is 0.870 e. The molecule has 0 aromatic heterocycles. The summed E-state index contributed by atoms with van der Waals surface area (Å²) < 4.78 is 0. The molecule has 20 heteroatoms. The number of fused-ring (bicyclic) bond motifs is 4. The number of aliphatic carboxylic acids is 6. The molecule has 8 rings (SSSR count). The molecule has 4 aromatic carbocycles. The maximum Gasteiger partial charge on any atom is 1.00 e. The van der Waals surface area contributed by atoms with Crippen LogP contribution in [0.25, 0.3) is 0 Å². The van der Waals surface area contributed by atoms with Crippen LogP contribution in [0.1, 0.15) is 119 Å². The number of amides is 3. The van der Waals surface area contributed by atoms with E-state index < -0.39 is 64.7 Å². The number of carboxylic acids is 6. The molecule has 0 saturated carbocycles. The summed E-state index contributed by atoms with van der Waals surface area (Å²) in [5.74, 6) is -7.31. The van der Waals surface area contributed by atoms with Gasteiger partial charge in [-0.25, -0.2) is 9.59 Å². The van der Waals surface area contributed by atoms with Gasteiger partial charge in [0.2, 0.25) is 0 Å². The molecule has 348 valence electrons. The first-order valence-corrected chi connectivity index (χ1v) is 20.4. The van der Waals surface area contributed by atoms with E-state index in [-0.39, 0.29) is 104 Å². The molecule has 1 heterocycles. The van der Waals surface area contributed by atoms with E-state index in [1.807, 2.05) is 24.3 Å². The predicted molar refractivity (Wildman–Crippen MR) is 230 cm³/mol. The second kappa shape index (κ2) is 23.6. The molecule has 0 radical (unpaired) electrons. The third kappa shape index (κ3) is 13.2. The molecular weight excluding hydrogens is 886 g/mol. The van der Waals surface area contributed by atoms with Crippen LogP contribution in [0.4, 0.5) is 4.79 Å². The van der Waals surface area contributed by atoms with Crippen molar-refractivity contribution in [2.24, 2.45) is 5.73 Å². The van der Waals surface area contributed by atoms with E-state index in [9.17, 15) is 48.3 Å². The van der Waals surface area contributed by atoms with Crippen molar-refractivity contribution in [2.75, 3.05) is 0 Å². The Hall–Kier alpha value is -6.77. The first-order valence-electron chi connectivity index (χ1n) is 20.4. The number of nitrogens with one attached hydrogen (secondary N) is 2. The number of urea groups is 1. The summed E-state index contributed by atoms with van der Waals surface area (Å²) in [7, 11) is 0. The summed E-state index contributed by atoms with van der Waals surface area (Å²) in [5, 5.41) is 57.9. The Kier molecular flexibility index (Phi) is 19.2. The Labute approximate surface area is 405 Å². The molecule has 1 saturated heterocycles. The number of carbonyl (C=O) groups excluding carboxylic acids is 3. The summed E-state index contributed by atoms with van der Waals surface area (Å²) in [6.07, 6.45) is 0.344. The topological polar surface area (TPSA) is 355 Å². The summed E-state index contributed by atoms with van der Waals surface area (Å²) in [6.45, 7) is 0. The van der Waals surface area contributed by atoms with E-state index in [1.165, 1.54) is 0 Å². The number of carboxylic acid groups (broad SMARTS) is 6. The van der Waals surface area contributed by atoms with Crippen LogP contribution in [0.15, 0.2) is 103 Å². The molecule has 3 amide bonds. The fourth-order valence-electron chi connectivity index (χ4n) is 8.91. The Morgan fingerprint density at radius 3 is 1.52 bits per heavy atom. The summed E-state index contributed by atoms with van der Waals surface area (Å²) in [5.41, 5.74) is 8.44. The summed E-state index contributed by atoms with van der Waals surface area (Å²) in [4.78, 5) is 99.6. The molecule has 4 aliphatic rings. The van der Waals surface area contributed by atoms with Crippen LogP contribution < -0.4 is 45.9 Å². The molecule has 5 atom stereocenters. The number of ketones is 1. The first-order chi connectivity index (χ1) is 30.7. The van der Waals surface area contributed by atoms with Gasteiger partial charge in [0.05, 0.1) is 32.1 Å². The van der Waals surface area contributed by atoms with Gasteiger partial charge in [0.1, 0.15) is 11.1 Å². The Morgan fingerprint density at radius 1 is 0.582 bits per heavy atom. The van der Waals surface area contributed by atoms with Gasteiger partial charge in [-0.1, -0.05) is 103 Å². The van der Waals surface area contributed by atoms with Crippen molar-refractivity contribution in [1.82, 2.24) is 10.6 Å². The van der Waals surface area contributed by atoms with Crippen LogP contribution in [0.3, 0.4) is 0 Å². The van der Waals surface area contributed by atoms with Crippen LogP contribution in [0.5, 0.6) is 0 Å². The minimum Gasteiger partial charge on any atom is -0.870 e. The fourth-order valence-corrected chi connectivity index (χ4v) is 8.91. The van der Waals surface area contributed by atoms with E-state index in [0.29, 0.717) is 23.1 Å². The molecule has 1 aliphatic heterocycles. The minimum atomic E-state index is -1.46. The molecule has 3 aliphatic carbocycles. The van der Waals surface area contributed by atoms with Crippen LogP contribution in [0, 0.1) is 0 Å². The van der Waals surface area contributed by atoms with Crippen molar-refractivity contribution in [3.05, 3.63) is 142 Å². The second-order valence-corrected chi connectivity index (χ2v) is 16.1. The van der Waals surface area contributed by atoms with Crippen LogP contribution in [0.2, 0.25) is 0 Å². The van der Waals surface area contributed by atoms with Gasteiger partial charge < -0.3 is 47.2 Å². The monoisotopic (exact) mass is 933 g/mol. The molecular formula is C47H48N3NaO16. The quantitative estimate of drug-likeness (QED) is 0.0724. The second-order valence-electron chi connectivity index (χ2n) is 16.1. The van der Waals surface area contributed by atoms with Gasteiger partial charge in [0.15, 0.2) is 5.78 Å². The molecule has 4 aromatic rings. The normalized spacial score (nSPS) is 21.0.